The molecule has 2 atom stereocenters. The minimum absolute atomic E-state index is 0.221. The molecule has 16 heavy (non-hydrogen) atoms. The zero-order chi connectivity index (χ0) is 12.0. The summed E-state index contributed by atoms with van der Waals surface area (Å²) >= 11 is 0. The summed E-state index contributed by atoms with van der Waals surface area (Å²) in [7, 11) is 0. The summed E-state index contributed by atoms with van der Waals surface area (Å²) < 4.78 is 0. The summed E-state index contributed by atoms with van der Waals surface area (Å²) in [6, 6.07) is 0. The highest BCUT2D eigenvalue weighted by atomic mass is 16.2. The van der Waals surface area contributed by atoms with Crippen molar-refractivity contribution in [2.45, 2.75) is 46.5 Å². The van der Waals surface area contributed by atoms with Crippen molar-refractivity contribution in [3.05, 3.63) is 12.2 Å². The molecule has 0 spiro atoms. The maximum atomic E-state index is 11.3. The van der Waals surface area contributed by atoms with E-state index in [1.807, 2.05) is 4.90 Å². The molecule has 1 aliphatic carbocycles. The molecule has 0 radical (unpaired) electrons. The Labute approximate surface area is 99.7 Å². The first-order chi connectivity index (χ1) is 7.69. The number of hydrogen-bond acceptors (Lipinski definition) is 1. The van der Waals surface area contributed by atoms with Crippen molar-refractivity contribution in [2.75, 3.05) is 13.1 Å². The summed E-state index contributed by atoms with van der Waals surface area (Å²) in [6.45, 7) is 7.73. The van der Waals surface area contributed by atoms with E-state index in [1.165, 1.54) is 19.3 Å². The lowest BCUT2D eigenvalue weighted by Gasteiger charge is -2.18. The highest BCUT2D eigenvalue weighted by molar-refractivity contribution is 5.73. The van der Waals surface area contributed by atoms with Gasteiger partial charge in [0.05, 0.1) is 0 Å². The van der Waals surface area contributed by atoms with Crippen LogP contribution in [0.3, 0.4) is 0 Å². The van der Waals surface area contributed by atoms with Crippen molar-refractivity contribution in [1.29, 1.82) is 0 Å². The molecule has 0 heterocycles. The molecule has 0 aliphatic heterocycles. The van der Waals surface area contributed by atoms with Gasteiger partial charge in [0.2, 0.25) is 5.91 Å². The van der Waals surface area contributed by atoms with Gasteiger partial charge in [-0.15, -0.1) is 0 Å². The first-order valence-electron chi connectivity index (χ1n) is 6.59. The van der Waals surface area contributed by atoms with Crippen molar-refractivity contribution in [3.63, 3.8) is 0 Å². The normalized spacial score (nSPS) is 23.7. The highest BCUT2D eigenvalue weighted by Gasteiger charge is 2.37. The van der Waals surface area contributed by atoms with Gasteiger partial charge >= 0.3 is 0 Å². The molecule has 2 heteroatoms. The molecule has 0 aromatic carbocycles. The van der Waals surface area contributed by atoms with Crippen molar-refractivity contribution >= 4 is 5.91 Å². The van der Waals surface area contributed by atoms with Gasteiger partial charge in [0.1, 0.15) is 0 Å². The molecule has 0 aromatic rings. The third-order valence-electron chi connectivity index (χ3n) is 3.46. The fourth-order valence-corrected chi connectivity index (χ4v) is 2.25. The van der Waals surface area contributed by atoms with Crippen molar-refractivity contribution in [3.8, 4) is 0 Å². The molecule has 1 amide bonds. The highest BCUT2D eigenvalue weighted by Crippen LogP contribution is 2.42. The molecule has 0 N–H and O–H groups in total. The van der Waals surface area contributed by atoms with E-state index in [4.69, 9.17) is 0 Å². The zero-order valence-electron chi connectivity index (χ0n) is 10.9. The van der Waals surface area contributed by atoms with Gasteiger partial charge in [0, 0.05) is 20.0 Å². The second kappa shape index (κ2) is 6.72. The molecular weight excluding hydrogens is 198 g/mol. The van der Waals surface area contributed by atoms with E-state index in [9.17, 15) is 4.79 Å². The van der Waals surface area contributed by atoms with Gasteiger partial charge in [0.25, 0.3) is 0 Å². The van der Waals surface area contributed by atoms with Crippen LogP contribution in [0.15, 0.2) is 12.2 Å². The fraction of sp³-hybridized carbons (Fsp3) is 0.786. The summed E-state index contributed by atoms with van der Waals surface area (Å²) in [6.07, 6.45) is 9.51. The lowest BCUT2D eigenvalue weighted by Crippen LogP contribution is -2.30. The molecule has 1 rings (SSSR count). The van der Waals surface area contributed by atoms with Gasteiger partial charge in [0.15, 0.2) is 0 Å². The number of carbonyl (C=O) groups excluding carboxylic acids is 1. The van der Waals surface area contributed by atoms with Gasteiger partial charge in [-0.2, -0.15) is 0 Å². The Bertz CT molecular complexity index is 247. The first-order valence-corrected chi connectivity index (χ1v) is 6.59. The molecular formula is C14H25NO. The van der Waals surface area contributed by atoms with Crippen LogP contribution in [-0.4, -0.2) is 23.9 Å². The topological polar surface area (TPSA) is 20.3 Å². The Morgan fingerprint density at radius 1 is 1.31 bits per heavy atom. The molecule has 1 fully saturated rings. The number of carbonyl (C=O) groups is 1. The van der Waals surface area contributed by atoms with Crippen LogP contribution in [-0.2, 0) is 4.79 Å². The van der Waals surface area contributed by atoms with Crippen LogP contribution in [0.2, 0.25) is 0 Å². The average molecular weight is 223 g/mol. The third kappa shape index (κ3) is 4.38. The van der Waals surface area contributed by atoms with E-state index in [0.717, 1.165) is 31.3 Å². The predicted octanol–water partition coefficient (Wildman–Crippen LogP) is 3.24. The predicted molar refractivity (Wildman–Crippen MR) is 68.2 cm³/mol. The smallest absolute Gasteiger partial charge is 0.219 e. The fourth-order valence-electron chi connectivity index (χ4n) is 2.25. The minimum atomic E-state index is 0.221. The van der Waals surface area contributed by atoms with Gasteiger partial charge in [-0.3, -0.25) is 4.79 Å². The van der Waals surface area contributed by atoms with E-state index in [0.29, 0.717) is 0 Å². The van der Waals surface area contributed by atoms with Crippen molar-refractivity contribution in [1.82, 2.24) is 4.90 Å². The van der Waals surface area contributed by atoms with Crippen LogP contribution in [0.5, 0.6) is 0 Å². The summed E-state index contributed by atoms with van der Waals surface area (Å²) in [5.41, 5.74) is 0. The number of rotatable bonds is 7. The summed E-state index contributed by atoms with van der Waals surface area (Å²) in [5, 5.41) is 0. The second-order valence-corrected chi connectivity index (χ2v) is 4.77. The average Bonchev–Trinajstić information content (AvgIpc) is 2.99. The van der Waals surface area contributed by atoms with E-state index < -0.39 is 0 Å². The van der Waals surface area contributed by atoms with Crippen molar-refractivity contribution in [2.24, 2.45) is 11.8 Å². The first kappa shape index (κ1) is 13.3. The maximum absolute atomic E-state index is 11.3. The molecule has 2 nitrogen and oxygen atoms in total. The van der Waals surface area contributed by atoms with E-state index >= 15 is 0 Å². The third-order valence-corrected chi connectivity index (χ3v) is 3.46. The second-order valence-electron chi connectivity index (χ2n) is 4.77. The van der Waals surface area contributed by atoms with E-state index in [-0.39, 0.29) is 5.91 Å². The zero-order valence-corrected chi connectivity index (χ0v) is 10.9. The number of allylic oxidation sites excluding steroid dienone is 2. The van der Waals surface area contributed by atoms with Gasteiger partial charge < -0.3 is 4.90 Å². The van der Waals surface area contributed by atoms with E-state index in [1.54, 1.807) is 6.92 Å². The number of nitrogens with zero attached hydrogens (tertiary/aromatic N) is 1. The Kier molecular flexibility index (Phi) is 5.58. The lowest BCUT2D eigenvalue weighted by molar-refractivity contribution is -0.128. The molecule has 0 saturated heterocycles. The van der Waals surface area contributed by atoms with Crippen LogP contribution in [0.25, 0.3) is 0 Å². The Hall–Kier alpha value is -0.790. The van der Waals surface area contributed by atoms with Crippen LogP contribution in [0, 0.1) is 11.8 Å². The van der Waals surface area contributed by atoms with Crippen molar-refractivity contribution < 1.29 is 4.79 Å². The number of amides is 1. The van der Waals surface area contributed by atoms with E-state index in [2.05, 4.69) is 26.0 Å². The minimum Gasteiger partial charge on any atom is -0.343 e. The molecule has 0 bridgehead atoms. The van der Waals surface area contributed by atoms with Crippen LogP contribution >= 0.6 is 0 Å². The summed E-state index contributed by atoms with van der Waals surface area (Å²) in [4.78, 5) is 13.2. The van der Waals surface area contributed by atoms with Gasteiger partial charge in [-0.05, 0) is 44.4 Å². The standard InChI is InChI=1S/C14H25NO/c1-4-6-7-8-9-13-10-14(13)11-15(5-2)12(3)16/h6-7,13-14H,4-5,8-11H2,1-3H3. The number of hydrogen-bond donors (Lipinski definition) is 0. The molecule has 2 unspecified atom stereocenters. The van der Waals surface area contributed by atoms with Crippen LogP contribution in [0.4, 0.5) is 0 Å². The SMILES string of the molecule is CCC=CCCC1CC1CN(CC)C(C)=O. The Balaban J connectivity index is 2.14. The summed E-state index contributed by atoms with van der Waals surface area (Å²) in [5.74, 6) is 1.87. The Morgan fingerprint density at radius 2 is 2.06 bits per heavy atom. The lowest BCUT2D eigenvalue weighted by atomic mass is 10.1. The largest absolute Gasteiger partial charge is 0.343 e. The van der Waals surface area contributed by atoms with Crippen LogP contribution in [0.1, 0.15) is 46.5 Å². The molecule has 0 aromatic heterocycles. The Morgan fingerprint density at radius 3 is 2.62 bits per heavy atom. The van der Waals surface area contributed by atoms with Crippen LogP contribution < -0.4 is 0 Å². The van der Waals surface area contributed by atoms with Gasteiger partial charge in [-0.25, -0.2) is 0 Å². The van der Waals surface area contributed by atoms with Gasteiger partial charge in [-0.1, -0.05) is 19.1 Å². The molecule has 1 saturated carbocycles. The monoisotopic (exact) mass is 223 g/mol. The quantitative estimate of drug-likeness (QED) is 0.607. The molecule has 1 aliphatic rings. The maximum Gasteiger partial charge on any atom is 0.219 e. The molecule has 92 valence electrons.